The van der Waals surface area contributed by atoms with E-state index in [1.807, 2.05) is 20.0 Å². The summed E-state index contributed by atoms with van der Waals surface area (Å²) in [5.41, 5.74) is 1.56. The second kappa shape index (κ2) is 4.16. The molecule has 0 spiro atoms. The molecule has 1 unspecified atom stereocenters. The third kappa shape index (κ3) is 2.01. The fraction of sp³-hybridized carbons (Fsp3) is 0.444. The summed E-state index contributed by atoms with van der Waals surface area (Å²) < 4.78 is 12.2. The first kappa shape index (κ1) is 9.13. The van der Waals surface area contributed by atoms with Crippen molar-refractivity contribution in [2.24, 2.45) is 0 Å². The van der Waals surface area contributed by atoms with E-state index >= 15 is 0 Å². The average Bonchev–Trinajstić information content (AvgIpc) is 2.17. The molecule has 0 bridgehead atoms. The fourth-order valence-electron chi connectivity index (χ4n) is 1.01. The Labute approximate surface area is 71.8 Å². The van der Waals surface area contributed by atoms with Crippen LogP contribution in [-0.4, -0.2) is 12.0 Å². The second-order valence-corrected chi connectivity index (χ2v) is 2.72. The lowest BCUT2D eigenvalue weighted by atomic mass is 10.1. The maximum Gasteiger partial charge on any atom is 0.131 e. The third-order valence-electron chi connectivity index (χ3n) is 1.91. The van der Waals surface area contributed by atoms with Gasteiger partial charge in [0.2, 0.25) is 0 Å². The van der Waals surface area contributed by atoms with Crippen LogP contribution in [-0.2, 0) is 6.67 Å². The molecule has 12 heavy (non-hydrogen) atoms. The molecule has 0 aliphatic carbocycles. The molecule has 2 nitrogen and oxygen atoms in total. The zero-order valence-electron chi connectivity index (χ0n) is 7.34. The molecule has 0 aliphatic heterocycles. The van der Waals surface area contributed by atoms with Gasteiger partial charge in [0.1, 0.15) is 6.67 Å². The lowest BCUT2D eigenvalue weighted by Crippen LogP contribution is -2.12. The van der Waals surface area contributed by atoms with E-state index in [0.717, 1.165) is 5.56 Å². The molecule has 66 valence electrons. The lowest BCUT2D eigenvalue weighted by Gasteiger charge is -2.10. The van der Waals surface area contributed by atoms with Gasteiger partial charge in [0.15, 0.2) is 0 Å². The number of nitrogens with one attached hydrogen (secondary N) is 1. The summed E-state index contributed by atoms with van der Waals surface area (Å²) in [6.45, 7) is 1.53. The predicted molar refractivity (Wildman–Crippen MR) is 46.5 cm³/mol. The normalized spacial score (nSPS) is 12.9. The molecule has 1 aromatic rings. The predicted octanol–water partition coefficient (Wildman–Crippen LogP) is 1.83. The summed E-state index contributed by atoms with van der Waals surface area (Å²) in [5, 5.41) is 3.08. The average molecular weight is 168 g/mol. The quantitative estimate of drug-likeness (QED) is 0.744. The minimum absolute atomic E-state index is 0.248. The van der Waals surface area contributed by atoms with E-state index in [1.54, 1.807) is 12.3 Å². The van der Waals surface area contributed by atoms with Gasteiger partial charge < -0.3 is 5.32 Å². The van der Waals surface area contributed by atoms with E-state index in [4.69, 9.17) is 0 Å². The van der Waals surface area contributed by atoms with Crippen molar-refractivity contribution in [3.05, 3.63) is 29.6 Å². The number of halogens is 1. The van der Waals surface area contributed by atoms with E-state index in [2.05, 4.69) is 10.3 Å². The van der Waals surface area contributed by atoms with Gasteiger partial charge in [-0.05, 0) is 31.7 Å². The molecule has 0 fully saturated rings. The Morgan fingerprint density at radius 1 is 1.67 bits per heavy atom. The van der Waals surface area contributed by atoms with Gasteiger partial charge in [0.05, 0.1) is 5.69 Å². The minimum atomic E-state index is -0.496. The number of hydrogen-bond acceptors (Lipinski definition) is 2. The van der Waals surface area contributed by atoms with Crippen molar-refractivity contribution in [3.8, 4) is 0 Å². The maximum absolute atomic E-state index is 12.2. The van der Waals surface area contributed by atoms with Crippen molar-refractivity contribution in [1.29, 1.82) is 0 Å². The van der Waals surface area contributed by atoms with Crippen LogP contribution in [0.1, 0.15) is 24.2 Å². The van der Waals surface area contributed by atoms with Gasteiger partial charge in [0, 0.05) is 12.2 Å². The summed E-state index contributed by atoms with van der Waals surface area (Å²) in [7, 11) is 1.88. The van der Waals surface area contributed by atoms with Crippen molar-refractivity contribution in [1.82, 2.24) is 10.3 Å². The number of pyridine rings is 1. The summed E-state index contributed by atoms with van der Waals surface area (Å²) in [5.74, 6) is 0. The number of nitrogens with zero attached hydrogens (tertiary/aromatic N) is 1. The highest BCUT2D eigenvalue weighted by atomic mass is 19.1. The van der Waals surface area contributed by atoms with Crippen LogP contribution in [0, 0.1) is 0 Å². The van der Waals surface area contributed by atoms with E-state index in [1.165, 1.54) is 0 Å². The highest BCUT2D eigenvalue weighted by molar-refractivity contribution is 5.19. The molecule has 0 amide bonds. The van der Waals surface area contributed by atoms with Gasteiger partial charge in [-0.15, -0.1) is 0 Å². The maximum atomic E-state index is 12.2. The Morgan fingerprint density at radius 2 is 2.42 bits per heavy atom. The molecule has 3 heteroatoms. The van der Waals surface area contributed by atoms with Crippen molar-refractivity contribution < 1.29 is 4.39 Å². The Balaban J connectivity index is 2.86. The zero-order chi connectivity index (χ0) is 8.97. The van der Waals surface area contributed by atoms with Gasteiger partial charge in [0.25, 0.3) is 0 Å². The van der Waals surface area contributed by atoms with E-state index in [9.17, 15) is 4.39 Å². The summed E-state index contributed by atoms with van der Waals surface area (Å²) in [6, 6.07) is 3.92. The second-order valence-electron chi connectivity index (χ2n) is 2.72. The van der Waals surface area contributed by atoms with E-state index in [0.29, 0.717) is 5.69 Å². The first-order valence-electron chi connectivity index (χ1n) is 3.96. The molecule has 1 N–H and O–H groups in total. The molecular formula is C9H13FN2. The molecule has 1 atom stereocenters. The number of rotatable bonds is 3. The zero-order valence-corrected chi connectivity index (χ0v) is 7.34. The van der Waals surface area contributed by atoms with Crippen molar-refractivity contribution >= 4 is 0 Å². The largest absolute Gasteiger partial charge is 0.313 e. The fourth-order valence-corrected chi connectivity index (χ4v) is 1.01. The van der Waals surface area contributed by atoms with E-state index < -0.39 is 6.67 Å². The van der Waals surface area contributed by atoms with Crippen LogP contribution >= 0.6 is 0 Å². The smallest absolute Gasteiger partial charge is 0.131 e. The Kier molecular flexibility index (Phi) is 3.17. The summed E-state index contributed by atoms with van der Waals surface area (Å²) in [4.78, 5) is 3.87. The molecule has 0 saturated heterocycles. The molecule has 0 radical (unpaired) electrons. The lowest BCUT2D eigenvalue weighted by molar-refractivity contribution is 0.475. The van der Waals surface area contributed by atoms with Gasteiger partial charge in [-0.3, -0.25) is 4.98 Å². The number of hydrogen-bond donors (Lipinski definition) is 1. The van der Waals surface area contributed by atoms with Crippen molar-refractivity contribution in [2.45, 2.75) is 19.6 Å². The molecule has 1 aromatic heterocycles. The number of aromatic nitrogens is 1. The Hall–Kier alpha value is -0.960. The van der Waals surface area contributed by atoms with Gasteiger partial charge in [-0.2, -0.15) is 0 Å². The molecule has 0 aliphatic rings. The van der Waals surface area contributed by atoms with Gasteiger partial charge in [-0.1, -0.05) is 0 Å². The minimum Gasteiger partial charge on any atom is -0.313 e. The SMILES string of the molecule is CNC(C)c1ccnc(CF)c1. The molecule has 0 saturated carbocycles. The van der Waals surface area contributed by atoms with Gasteiger partial charge >= 0.3 is 0 Å². The van der Waals surface area contributed by atoms with Crippen LogP contribution in [0.5, 0.6) is 0 Å². The first-order valence-corrected chi connectivity index (χ1v) is 3.96. The third-order valence-corrected chi connectivity index (χ3v) is 1.91. The van der Waals surface area contributed by atoms with Crippen molar-refractivity contribution in [3.63, 3.8) is 0 Å². The monoisotopic (exact) mass is 168 g/mol. The van der Waals surface area contributed by atoms with Crippen LogP contribution in [0.4, 0.5) is 4.39 Å². The van der Waals surface area contributed by atoms with Gasteiger partial charge in [-0.25, -0.2) is 4.39 Å². The molecule has 1 rings (SSSR count). The van der Waals surface area contributed by atoms with Crippen LogP contribution < -0.4 is 5.32 Å². The Morgan fingerprint density at radius 3 is 3.00 bits per heavy atom. The molecule has 0 aromatic carbocycles. The summed E-state index contributed by atoms with van der Waals surface area (Å²) >= 11 is 0. The molecular weight excluding hydrogens is 155 g/mol. The topological polar surface area (TPSA) is 24.9 Å². The highest BCUT2D eigenvalue weighted by Gasteiger charge is 2.02. The van der Waals surface area contributed by atoms with Crippen molar-refractivity contribution in [2.75, 3.05) is 7.05 Å². The van der Waals surface area contributed by atoms with Crippen LogP contribution in [0.2, 0.25) is 0 Å². The number of alkyl halides is 1. The summed E-state index contributed by atoms with van der Waals surface area (Å²) in [6.07, 6.45) is 1.64. The highest BCUT2D eigenvalue weighted by Crippen LogP contribution is 2.11. The Bertz CT molecular complexity index is 250. The van der Waals surface area contributed by atoms with Crippen LogP contribution in [0.25, 0.3) is 0 Å². The van der Waals surface area contributed by atoms with Crippen LogP contribution in [0.3, 0.4) is 0 Å². The van der Waals surface area contributed by atoms with Crippen LogP contribution in [0.15, 0.2) is 18.3 Å². The first-order chi connectivity index (χ1) is 5.77. The standard InChI is InChI=1S/C9H13FN2/c1-7(11-2)8-3-4-12-9(5-8)6-10/h3-5,7,11H,6H2,1-2H3. The van der Waals surface area contributed by atoms with E-state index in [-0.39, 0.29) is 6.04 Å². The molecule has 1 heterocycles.